The van der Waals surface area contributed by atoms with Crippen LogP contribution in [-0.2, 0) is 19.5 Å². The molecule has 2 aromatic carbocycles. The molecule has 2 N–H and O–H groups in total. The molecule has 10 heteroatoms. The number of para-hydroxylation sites is 1. The summed E-state index contributed by atoms with van der Waals surface area (Å²) in [5, 5.41) is 18.8. The Labute approximate surface area is 296 Å². The van der Waals surface area contributed by atoms with Gasteiger partial charge in [-0.15, -0.1) is 0 Å². The molecule has 5 unspecified atom stereocenters. The van der Waals surface area contributed by atoms with Gasteiger partial charge in [-0.1, -0.05) is 56.4 Å². The minimum Gasteiger partial charge on any atom is -0.476 e. The van der Waals surface area contributed by atoms with Crippen LogP contribution in [0.5, 0.6) is 0 Å². The average molecular weight is 689 g/mol. The highest BCUT2D eigenvalue weighted by Gasteiger charge is 2.44. The Morgan fingerprint density at radius 1 is 1.02 bits per heavy atom. The zero-order valence-electron chi connectivity index (χ0n) is 29.1. The normalized spacial score (nSPS) is 24.6. The standard InChI is InChI=1S/C40H44N6O3S/c1-23-16-26-17-28(24(23)2)19-40(4,18-26)22-46-25(3)31(20-41-46)29-12-13-35(43-36(29)38(48)49)45-15-14-27-8-7-9-30(32(27)21-45)37(47)44-39-42-33-10-5-6-11-34(33)50-39/h5-13,20,23-24,26,28H,14-19,21-22H2,1-4H3,(H,48,49)(H,42,44,47). The third-order valence-electron chi connectivity index (χ3n) is 11.9. The van der Waals surface area contributed by atoms with Crippen molar-refractivity contribution in [2.45, 2.75) is 72.9 Å². The third-order valence-corrected chi connectivity index (χ3v) is 12.8. The summed E-state index contributed by atoms with van der Waals surface area (Å²) in [7, 11) is 0. The van der Waals surface area contributed by atoms with Crippen molar-refractivity contribution in [3.63, 3.8) is 0 Å². The zero-order chi connectivity index (χ0) is 34.7. The number of fused-ring (bicyclic) bond motifs is 4. The van der Waals surface area contributed by atoms with Crippen molar-refractivity contribution in [2.24, 2.45) is 29.1 Å². The van der Waals surface area contributed by atoms with E-state index < -0.39 is 5.97 Å². The summed E-state index contributed by atoms with van der Waals surface area (Å²) in [6.45, 7) is 11.3. The number of rotatable bonds is 7. The molecule has 2 fully saturated rings. The lowest BCUT2D eigenvalue weighted by atomic mass is 9.56. The molecular weight excluding hydrogens is 645 g/mol. The van der Waals surface area contributed by atoms with Crippen LogP contribution >= 0.6 is 11.3 Å². The van der Waals surface area contributed by atoms with Gasteiger partial charge in [0.05, 0.1) is 16.4 Å². The first-order valence-electron chi connectivity index (χ1n) is 17.8. The van der Waals surface area contributed by atoms with E-state index in [0.717, 1.165) is 62.8 Å². The number of nitrogens with one attached hydrogen (secondary N) is 1. The SMILES string of the molecule is Cc1c(-c2ccc(N3CCc4cccc(C(=O)Nc5nc6ccccc6s5)c4C3)nc2C(=O)O)cnn1CC1(C)CC2CC(C)C(C)C(C2)C1. The number of hydrogen-bond donors (Lipinski definition) is 2. The lowest BCUT2D eigenvalue weighted by Gasteiger charge is -2.50. The number of pyridine rings is 1. The number of amides is 1. The Bertz CT molecular complexity index is 2090. The Morgan fingerprint density at radius 2 is 1.86 bits per heavy atom. The summed E-state index contributed by atoms with van der Waals surface area (Å²) >= 11 is 1.45. The van der Waals surface area contributed by atoms with Crippen molar-refractivity contribution in [2.75, 3.05) is 16.8 Å². The lowest BCUT2D eigenvalue weighted by molar-refractivity contribution is -0.00265. The average Bonchev–Trinajstić information content (AvgIpc) is 3.67. The molecule has 3 aliphatic rings. The molecule has 0 spiro atoms. The predicted octanol–water partition coefficient (Wildman–Crippen LogP) is 8.47. The maximum absolute atomic E-state index is 13.5. The first kappa shape index (κ1) is 32.6. The number of carbonyl (C=O) groups excluding carboxylic acids is 1. The number of hydrogen-bond acceptors (Lipinski definition) is 7. The molecule has 0 saturated heterocycles. The second-order valence-electron chi connectivity index (χ2n) is 15.4. The van der Waals surface area contributed by atoms with E-state index in [2.05, 4.69) is 46.7 Å². The van der Waals surface area contributed by atoms with Crippen molar-refractivity contribution >= 4 is 44.4 Å². The second-order valence-corrected chi connectivity index (χ2v) is 16.4. The summed E-state index contributed by atoms with van der Waals surface area (Å²) in [5.41, 5.74) is 6.00. The Hall–Kier alpha value is -4.57. The topological polar surface area (TPSA) is 113 Å². The van der Waals surface area contributed by atoms with Crippen LogP contribution in [0.3, 0.4) is 0 Å². The number of thiazole rings is 1. The van der Waals surface area contributed by atoms with Gasteiger partial charge in [-0.05, 0) is 110 Å². The van der Waals surface area contributed by atoms with Gasteiger partial charge in [0.2, 0.25) is 0 Å². The predicted molar refractivity (Wildman–Crippen MR) is 198 cm³/mol. The first-order chi connectivity index (χ1) is 24.0. The van der Waals surface area contributed by atoms with E-state index in [1.54, 1.807) is 0 Å². The Balaban J connectivity index is 1.03. The van der Waals surface area contributed by atoms with Crippen molar-refractivity contribution in [1.29, 1.82) is 0 Å². The summed E-state index contributed by atoms with van der Waals surface area (Å²) in [6, 6.07) is 17.4. The van der Waals surface area contributed by atoms with E-state index in [4.69, 9.17) is 10.1 Å². The van der Waals surface area contributed by atoms with Gasteiger partial charge in [-0.2, -0.15) is 5.10 Å². The van der Waals surface area contributed by atoms with Crippen LogP contribution in [0.4, 0.5) is 10.9 Å². The number of carbonyl (C=O) groups is 2. The van der Waals surface area contributed by atoms with E-state index >= 15 is 0 Å². The number of carboxylic acid groups (broad SMARTS) is 1. The number of nitrogens with zero attached hydrogens (tertiary/aromatic N) is 5. The van der Waals surface area contributed by atoms with Crippen molar-refractivity contribution in [1.82, 2.24) is 19.7 Å². The van der Waals surface area contributed by atoms with Crippen LogP contribution in [-0.4, -0.2) is 43.3 Å². The smallest absolute Gasteiger partial charge is 0.355 e. The van der Waals surface area contributed by atoms with E-state index in [1.165, 1.54) is 37.0 Å². The third kappa shape index (κ3) is 5.97. The van der Waals surface area contributed by atoms with Gasteiger partial charge < -0.3 is 10.0 Å². The fourth-order valence-electron chi connectivity index (χ4n) is 9.24. The molecule has 0 radical (unpaired) electrons. The molecule has 1 amide bonds. The molecule has 5 aromatic rings. The summed E-state index contributed by atoms with van der Waals surface area (Å²) in [6.07, 6.45) is 7.63. The van der Waals surface area contributed by atoms with Gasteiger partial charge in [0, 0.05) is 42.0 Å². The monoisotopic (exact) mass is 688 g/mol. The van der Waals surface area contributed by atoms with Gasteiger partial charge in [0.1, 0.15) is 5.82 Å². The molecular formula is C40H44N6O3S. The minimum atomic E-state index is -1.07. The van der Waals surface area contributed by atoms with Crippen LogP contribution in [0.2, 0.25) is 0 Å². The van der Waals surface area contributed by atoms with Crippen molar-refractivity contribution in [3.05, 3.63) is 88.9 Å². The molecule has 2 aliphatic carbocycles. The molecule has 3 aromatic heterocycles. The summed E-state index contributed by atoms with van der Waals surface area (Å²) in [5.74, 6) is 2.39. The molecule has 258 valence electrons. The number of aromatic nitrogens is 4. The largest absolute Gasteiger partial charge is 0.476 e. The molecule has 50 heavy (non-hydrogen) atoms. The maximum Gasteiger partial charge on any atom is 0.355 e. The quantitative estimate of drug-likeness (QED) is 0.176. The zero-order valence-corrected chi connectivity index (χ0v) is 30.0. The van der Waals surface area contributed by atoms with E-state index in [0.29, 0.717) is 41.6 Å². The summed E-state index contributed by atoms with van der Waals surface area (Å²) < 4.78 is 3.10. The van der Waals surface area contributed by atoms with Gasteiger partial charge in [0.25, 0.3) is 5.91 Å². The van der Waals surface area contributed by atoms with E-state index in [-0.39, 0.29) is 17.0 Å². The van der Waals surface area contributed by atoms with Gasteiger partial charge >= 0.3 is 5.97 Å². The van der Waals surface area contributed by atoms with Gasteiger partial charge in [0.15, 0.2) is 10.8 Å². The highest BCUT2D eigenvalue weighted by atomic mass is 32.1. The molecule has 2 bridgehead atoms. The second kappa shape index (κ2) is 12.6. The Morgan fingerprint density at radius 3 is 2.68 bits per heavy atom. The molecule has 9 nitrogen and oxygen atoms in total. The highest BCUT2D eigenvalue weighted by molar-refractivity contribution is 7.22. The number of aromatic carboxylic acids is 1. The van der Waals surface area contributed by atoms with Crippen LogP contribution in [0, 0.1) is 36.0 Å². The highest BCUT2D eigenvalue weighted by Crippen LogP contribution is 2.53. The van der Waals surface area contributed by atoms with E-state index in [9.17, 15) is 14.7 Å². The Kier molecular flexibility index (Phi) is 8.25. The van der Waals surface area contributed by atoms with Gasteiger partial charge in [-0.25, -0.2) is 14.8 Å². The van der Waals surface area contributed by atoms with Crippen LogP contribution < -0.4 is 10.2 Å². The molecule has 1 aliphatic heterocycles. The molecule has 4 heterocycles. The molecule has 8 rings (SSSR count). The lowest BCUT2D eigenvalue weighted by Crippen LogP contribution is -2.42. The maximum atomic E-state index is 13.5. The molecule has 2 saturated carbocycles. The summed E-state index contributed by atoms with van der Waals surface area (Å²) in [4.78, 5) is 37.6. The number of benzene rings is 2. The van der Waals surface area contributed by atoms with Crippen molar-refractivity contribution in [3.8, 4) is 11.1 Å². The fraction of sp³-hybridized carbons (Fsp3) is 0.425. The fourth-order valence-corrected chi connectivity index (χ4v) is 10.1. The first-order valence-corrected chi connectivity index (χ1v) is 18.7. The van der Waals surface area contributed by atoms with Crippen LogP contribution in [0.25, 0.3) is 21.3 Å². The molecule has 5 atom stereocenters. The number of carboxylic acids is 1. The van der Waals surface area contributed by atoms with Crippen LogP contribution in [0.15, 0.2) is 60.8 Å². The minimum absolute atomic E-state index is 0.0130. The van der Waals surface area contributed by atoms with E-state index in [1.807, 2.05) is 61.7 Å². The number of anilines is 2. The van der Waals surface area contributed by atoms with Crippen LogP contribution in [0.1, 0.15) is 84.1 Å². The van der Waals surface area contributed by atoms with Crippen molar-refractivity contribution < 1.29 is 14.7 Å². The van der Waals surface area contributed by atoms with Gasteiger partial charge in [-0.3, -0.25) is 14.8 Å².